The van der Waals surface area contributed by atoms with Crippen molar-refractivity contribution in [2.75, 3.05) is 0 Å². The van der Waals surface area contributed by atoms with Gasteiger partial charge in [0.05, 0.1) is 0 Å². The molecule has 0 spiro atoms. The van der Waals surface area contributed by atoms with E-state index in [1.54, 1.807) is 0 Å². The van der Waals surface area contributed by atoms with Gasteiger partial charge in [-0.3, -0.25) is 4.79 Å². The molecule has 0 aliphatic rings. The minimum Gasteiger partial charge on any atom is -0.370 e. The van der Waals surface area contributed by atoms with Crippen molar-refractivity contribution in [1.29, 1.82) is 0 Å². The van der Waals surface area contributed by atoms with E-state index in [4.69, 9.17) is 5.73 Å². The van der Waals surface area contributed by atoms with E-state index in [0.717, 1.165) is 13.3 Å². The number of carbonyl (C=O) groups is 1. The standard InChI is InChI=1S/C11H18F3NO/c1-3-9(6-7-10(15)16)5-4-8(2)11(12,13)14/h4,9H,3,5-7H2,1-2H3,(H2,15,16)/b8-4+. The van der Waals surface area contributed by atoms with E-state index in [2.05, 4.69) is 0 Å². The van der Waals surface area contributed by atoms with E-state index in [1.165, 1.54) is 6.08 Å². The molecule has 0 aliphatic carbocycles. The molecule has 16 heavy (non-hydrogen) atoms. The summed E-state index contributed by atoms with van der Waals surface area (Å²) in [5.41, 5.74) is 4.41. The lowest BCUT2D eigenvalue weighted by atomic mass is 9.95. The van der Waals surface area contributed by atoms with Gasteiger partial charge in [-0.15, -0.1) is 0 Å². The smallest absolute Gasteiger partial charge is 0.370 e. The number of carbonyl (C=O) groups excluding carboxylic acids is 1. The average Bonchev–Trinajstić information content (AvgIpc) is 2.15. The van der Waals surface area contributed by atoms with Gasteiger partial charge in [0.25, 0.3) is 0 Å². The second-order valence-electron chi connectivity index (χ2n) is 3.90. The van der Waals surface area contributed by atoms with Crippen molar-refractivity contribution in [2.45, 2.75) is 45.7 Å². The molecule has 0 aliphatic heterocycles. The maximum absolute atomic E-state index is 12.2. The van der Waals surface area contributed by atoms with Crippen LogP contribution >= 0.6 is 0 Å². The Bertz CT molecular complexity index is 258. The second-order valence-corrected chi connectivity index (χ2v) is 3.90. The molecule has 0 aromatic carbocycles. The molecule has 0 saturated carbocycles. The normalized spacial score (nSPS) is 14.9. The molecule has 0 rings (SSSR count). The Kier molecular flexibility index (Phi) is 6.14. The summed E-state index contributed by atoms with van der Waals surface area (Å²) in [6, 6.07) is 0. The molecule has 5 heteroatoms. The van der Waals surface area contributed by atoms with Gasteiger partial charge in [0.1, 0.15) is 0 Å². The van der Waals surface area contributed by atoms with Gasteiger partial charge < -0.3 is 5.73 Å². The second kappa shape index (κ2) is 6.55. The molecule has 0 bridgehead atoms. The predicted octanol–water partition coefficient (Wildman–Crippen LogP) is 3.18. The van der Waals surface area contributed by atoms with E-state index < -0.39 is 17.7 Å². The summed E-state index contributed by atoms with van der Waals surface area (Å²) in [6.45, 7) is 2.95. The van der Waals surface area contributed by atoms with Crippen LogP contribution in [0.2, 0.25) is 0 Å². The van der Waals surface area contributed by atoms with Crippen LogP contribution in [0, 0.1) is 5.92 Å². The van der Waals surface area contributed by atoms with Gasteiger partial charge in [0.2, 0.25) is 5.91 Å². The van der Waals surface area contributed by atoms with E-state index in [-0.39, 0.29) is 12.3 Å². The number of primary amides is 1. The molecule has 1 amide bonds. The van der Waals surface area contributed by atoms with Crippen molar-refractivity contribution >= 4 is 5.91 Å². The van der Waals surface area contributed by atoms with Crippen LogP contribution in [0.4, 0.5) is 13.2 Å². The topological polar surface area (TPSA) is 43.1 Å². The van der Waals surface area contributed by atoms with Crippen LogP contribution in [-0.2, 0) is 4.79 Å². The maximum atomic E-state index is 12.2. The fourth-order valence-electron chi connectivity index (χ4n) is 1.29. The first-order valence-corrected chi connectivity index (χ1v) is 5.29. The molecule has 0 heterocycles. The monoisotopic (exact) mass is 237 g/mol. The summed E-state index contributed by atoms with van der Waals surface area (Å²) in [7, 11) is 0. The first-order valence-electron chi connectivity index (χ1n) is 5.29. The van der Waals surface area contributed by atoms with Crippen LogP contribution in [0.3, 0.4) is 0 Å². The first kappa shape index (κ1) is 15.0. The molecule has 0 saturated heterocycles. The van der Waals surface area contributed by atoms with Crippen molar-refractivity contribution in [1.82, 2.24) is 0 Å². The third-order valence-corrected chi connectivity index (χ3v) is 2.58. The summed E-state index contributed by atoms with van der Waals surface area (Å²) >= 11 is 0. The summed E-state index contributed by atoms with van der Waals surface area (Å²) < 4.78 is 36.5. The van der Waals surface area contributed by atoms with Gasteiger partial charge in [-0.25, -0.2) is 0 Å². The summed E-state index contributed by atoms with van der Waals surface area (Å²) in [6.07, 6.45) is -1.19. The molecule has 0 fully saturated rings. The average molecular weight is 237 g/mol. The molecule has 94 valence electrons. The number of hydrogen-bond acceptors (Lipinski definition) is 1. The van der Waals surface area contributed by atoms with Crippen LogP contribution in [0.5, 0.6) is 0 Å². The zero-order valence-electron chi connectivity index (χ0n) is 9.60. The fourth-order valence-corrected chi connectivity index (χ4v) is 1.29. The maximum Gasteiger partial charge on any atom is 0.412 e. The third-order valence-electron chi connectivity index (χ3n) is 2.58. The van der Waals surface area contributed by atoms with Gasteiger partial charge >= 0.3 is 6.18 Å². The minimum absolute atomic E-state index is 0.0878. The van der Waals surface area contributed by atoms with Crippen molar-refractivity contribution < 1.29 is 18.0 Å². The Morgan fingerprint density at radius 2 is 2.00 bits per heavy atom. The number of alkyl halides is 3. The Morgan fingerprint density at radius 1 is 1.44 bits per heavy atom. The van der Waals surface area contributed by atoms with Crippen LogP contribution in [0.1, 0.15) is 39.5 Å². The van der Waals surface area contributed by atoms with Crippen LogP contribution in [0.25, 0.3) is 0 Å². The fraction of sp³-hybridized carbons (Fsp3) is 0.727. The van der Waals surface area contributed by atoms with Crippen LogP contribution in [-0.4, -0.2) is 12.1 Å². The predicted molar refractivity (Wildman–Crippen MR) is 56.6 cm³/mol. The SMILES string of the molecule is CCC(C/C=C(\C)C(F)(F)F)CCC(N)=O. The Hall–Kier alpha value is -1.00. The summed E-state index contributed by atoms with van der Waals surface area (Å²) in [5.74, 6) is -0.320. The van der Waals surface area contributed by atoms with Crippen LogP contribution < -0.4 is 5.73 Å². The molecular formula is C11H18F3NO. The zero-order chi connectivity index (χ0) is 12.8. The lowest BCUT2D eigenvalue weighted by Gasteiger charge is -2.12. The highest BCUT2D eigenvalue weighted by molar-refractivity contribution is 5.73. The molecule has 0 aromatic heterocycles. The van der Waals surface area contributed by atoms with Gasteiger partial charge in [-0.2, -0.15) is 13.2 Å². The van der Waals surface area contributed by atoms with E-state index in [1.807, 2.05) is 6.92 Å². The zero-order valence-corrected chi connectivity index (χ0v) is 9.60. The van der Waals surface area contributed by atoms with E-state index in [0.29, 0.717) is 12.8 Å². The molecular weight excluding hydrogens is 219 g/mol. The highest BCUT2D eigenvalue weighted by Gasteiger charge is 2.29. The summed E-state index contributed by atoms with van der Waals surface area (Å²) in [5, 5.41) is 0. The van der Waals surface area contributed by atoms with Gasteiger partial charge in [-0.1, -0.05) is 19.4 Å². The molecule has 1 unspecified atom stereocenters. The van der Waals surface area contributed by atoms with Crippen molar-refractivity contribution in [2.24, 2.45) is 11.7 Å². The molecule has 1 atom stereocenters. The molecule has 0 radical (unpaired) electrons. The van der Waals surface area contributed by atoms with Gasteiger partial charge in [0, 0.05) is 12.0 Å². The van der Waals surface area contributed by atoms with Crippen molar-refractivity contribution in [3.63, 3.8) is 0 Å². The Labute approximate surface area is 93.7 Å². The van der Waals surface area contributed by atoms with Crippen LogP contribution in [0.15, 0.2) is 11.6 Å². The number of allylic oxidation sites excluding steroid dienone is 2. The number of rotatable bonds is 6. The third kappa shape index (κ3) is 6.48. The highest BCUT2D eigenvalue weighted by Crippen LogP contribution is 2.26. The first-order chi connectivity index (χ1) is 7.27. The van der Waals surface area contributed by atoms with Crippen molar-refractivity contribution in [3.8, 4) is 0 Å². The quantitative estimate of drug-likeness (QED) is 0.708. The molecule has 2 nitrogen and oxygen atoms in total. The highest BCUT2D eigenvalue weighted by atomic mass is 19.4. The Balaban J connectivity index is 4.18. The van der Waals surface area contributed by atoms with E-state index in [9.17, 15) is 18.0 Å². The molecule has 0 aromatic rings. The van der Waals surface area contributed by atoms with Gasteiger partial charge in [0.15, 0.2) is 0 Å². The minimum atomic E-state index is -4.25. The number of halogens is 3. The summed E-state index contributed by atoms with van der Waals surface area (Å²) in [4.78, 5) is 10.5. The number of nitrogens with two attached hydrogens (primary N) is 1. The Morgan fingerprint density at radius 3 is 2.38 bits per heavy atom. The van der Waals surface area contributed by atoms with Gasteiger partial charge in [-0.05, 0) is 25.7 Å². The number of amides is 1. The molecule has 2 N–H and O–H groups in total. The lowest BCUT2D eigenvalue weighted by Crippen LogP contribution is -2.13. The van der Waals surface area contributed by atoms with E-state index >= 15 is 0 Å². The lowest BCUT2D eigenvalue weighted by molar-refractivity contribution is -0.118. The number of hydrogen-bond donors (Lipinski definition) is 1. The van der Waals surface area contributed by atoms with Crippen molar-refractivity contribution in [3.05, 3.63) is 11.6 Å². The largest absolute Gasteiger partial charge is 0.412 e.